The lowest BCUT2D eigenvalue weighted by molar-refractivity contribution is 0.0595. The van der Waals surface area contributed by atoms with Crippen molar-refractivity contribution in [1.82, 2.24) is 0 Å². The Bertz CT molecular complexity index is 597. The molecule has 0 unspecified atom stereocenters. The average molecular weight is 375 g/mol. The van der Waals surface area contributed by atoms with E-state index in [9.17, 15) is 9.18 Å². The number of esters is 1. The predicted molar refractivity (Wildman–Crippen MR) is 76.5 cm³/mol. The third kappa shape index (κ3) is 3.46. The Morgan fingerprint density at radius 3 is 2.84 bits per heavy atom. The molecule has 4 nitrogen and oxygen atoms in total. The van der Waals surface area contributed by atoms with Crippen molar-refractivity contribution in [2.24, 2.45) is 0 Å². The van der Waals surface area contributed by atoms with Crippen molar-refractivity contribution in [2.75, 3.05) is 12.4 Å². The highest BCUT2D eigenvalue weighted by atomic mass is 127. The molecule has 0 atom stereocenters. The molecule has 19 heavy (non-hydrogen) atoms. The Balaban J connectivity index is 2.10. The number of methoxy groups -OCH3 is 1. The standard InChI is InChI=1S/C13H11FINO3/c1-18-13(17)10-6-8(2-4-11(10)14)16-7-9-3-5-12(15)19-9/h2-6,16H,7H2,1H3. The van der Waals surface area contributed by atoms with Crippen LogP contribution in [0.15, 0.2) is 34.7 Å². The van der Waals surface area contributed by atoms with Gasteiger partial charge in [-0.3, -0.25) is 0 Å². The third-order valence-corrected chi connectivity index (χ3v) is 3.05. The van der Waals surface area contributed by atoms with E-state index < -0.39 is 11.8 Å². The van der Waals surface area contributed by atoms with Crippen LogP contribution in [0, 0.1) is 9.58 Å². The molecule has 1 aromatic carbocycles. The van der Waals surface area contributed by atoms with Gasteiger partial charge in [0.25, 0.3) is 0 Å². The van der Waals surface area contributed by atoms with E-state index >= 15 is 0 Å². The lowest BCUT2D eigenvalue weighted by atomic mass is 10.2. The Morgan fingerprint density at radius 1 is 1.42 bits per heavy atom. The molecule has 0 saturated heterocycles. The molecule has 0 aliphatic carbocycles. The Hall–Kier alpha value is -1.57. The minimum Gasteiger partial charge on any atom is -0.465 e. The summed E-state index contributed by atoms with van der Waals surface area (Å²) in [5.41, 5.74) is 0.523. The van der Waals surface area contributed by atoms with E-state index in [1.165, 1.54) is 19.2 Å². The number of nitrogens with one attached hydrogen (secondary N) is 1. The van der Waals surface area contributed by atoms with Gasteiger partial charge in [-0.1, -0.05) is 0 Å². The van der Waals surface area contributed by atoms with Gasteiger partial charge >= 0.3 is 5.97 Å². The van der Waals surface area contributed by atoms with E-state index in [1.807, 2.05) is 12.1 Å². The van der Waals surface area contributed by atoms with Crippen LogP contribution in [0.1, 0.15) is 16.1 Å². The maximum atomic E-state index is 13.4. The van der Waals surface area contributed by atoms with E-state index in [1.54, 1.807) is 6.07 Å². The molecule has 0 aliphatic heterocycles. The van der Waals surface area contributed by atoms with Crippen LogP contribution in [0.25, 0.3) is 0 Å². The van der Waals surface area contributed by atoms with Crippen molar-refractivity contribution in [1.29, 1.82) is 0 Å². The first kappa shape index (κ1) is 13.9. The highest BCUT2D eigenvalue weighted by molar-refractivity contribution is 14.1. The fourth-order valence-electron chi connectivity index (χ4n) is 1.54. The summed E-state index contributed by atoms with van der Waals surface area (Å²) in [4.78, 5) is 11.4. The normalized spacial score (nSPS) is 10.3. The van der Waals surface area contributed by atoms with E-state index in [2.05, 4.69) is 32.6 Å². The number of hydrogen-bond acceptors (Lipinski definition) is 4. The van der Waals surface area contributed by atoms with Gasteiger partial charge in [-0.25, -0.2) is 9.18 Å². The number of hydrogen-bond donors (Lipinski definition) is 1. The number of rotatable bonds is 4. The molecule has 6 heteroatoms. The fourth-order valence-corrected chi connectivity index (χ4v) is 2.00. The number of ether oxygens (including phenoxy) is 1. The Morgan fingerprint density at radius 2 is 2.21 bits per heavy atom. The molecule has 1 aromatic heterocycles. The minimum atomic E-state index is -0.700. The van der Waals surface area contributed by atoms with Gasteiger partial charge in [-0.15, -0.1) is 0 Å². The van der Waals surface area contributed by atoms with Gasteiger partial charge in [-0.2, -0.15) is 0 Å². The van der Waals surface area contributed by atoms with Crippen LogP contribution in [0.5, 0.6) is 0 Å². The van der Waals surface area contributed by atoms with Crippen LogP contribution >= 0.6 is 22.6 Å². The summed E-state index contributed by atoms with van der Waals surface area (Å²) in [6, 6.07) is 7.88. The second-order valence-electron chi connectivity index (χ2n) is 3.75. The van der Waals surface area contributed by atoms with Gasteiger partial charge in [0.2, 0.25) is 0 Å². The molecule has 0 aliphatic rings. The van der Waals surface area contributed by atoms with Gasteiger partial charge in [0.15, 0.2) is 3.77 Å². The third-order valence-electron chi connectivity index (χ3n) is 2.47. The molecule has 0 amide bonds. The maximum absolute atomic E-state index is 13.4. The first-order chi connectivity index (χ1) is 9.10. The summed E-state index contributed by atoms with van der Waals surface area (Å²) in [6.07, 6.45) is 0. The zero-order valence-corrected chi connectivity index (χ0v) is 12.2. The Labute approximate surface area is 123 Å². The van der Waals surface area contributed by atoms with E-state index in [-0.39, 0.29) is 5.56 Å². The molecule has 1 N–H and O–H groups in total. The molecule has 0 radical (unpaired) electrons. The first-order valence-corrected chi connectivity index (χ1v) is 6.54. The lowest BCUT2D eigenvalue weighted by Gasteiger charge is -2.07. The second kappa shape index (κ2) is 6.05. The summed E-state index contributed by atoms with van der Waals surface area (Å²) >= 11 is 2.07. The van der Waals surface area contributed by atoms with Crippen molar-refractivity contribution in [3.05, 3.63) is 51.2 Å². The predicted octanol–water partition coefficient (Wildman–Crippen LogP) is 3.42. The highest BCUT2D eigenvalue weighted by Gasteiger charge is 2.12. The Kier molecular flexibility index (Phi) is 4.41. The second-order valence-corrected chi connectivity index (χ2v) is 4.81. The van der Waals surface area contributed by atoms with Crippen molar-refractivity contribution < 1.29 is 18.3 Å². The van der Waals surface area contributed by atoms with Crippen molar-refractivity contribution >= 4 is 34.2 Å². The molecule has 0 bridgehead atoms. The van der Waals surface area contributed by atoms with Crippen LogP contribution in [0.2, 0.25) is 0 Å². The van der Waals surface area contributed by atoms with Crippen LogP contribution in [-0.2, 0) is 11.3 Å². The number of anilines is 1. The topological polar surface area (TPSA) is 51.5 Å². The van der Waals surface area contributed by atoms with E-state index in [4.69, 9.17) is 4.42 Å². The van der Waals surface area contributed by atoms with Gasteiger partial charge in [0.1, 0.15) is 11.6 Å². The lowest BCUT2D eigenvalue weighted by Crippen LogP contribution is -2.06. The zero-order chi connectivity index (χ0) is 13.8. The smallest absolute Gasteiger partial charge is 0.340 e. The molecular weight excluding hydrogens is 364 g/mol. The van der Waals surface area contributed by atoms with Crippen LogP contribution in [0.3, 0.4) is 0 Å². The summed E-state index contributed by atoms with van der Waals surface area (Å²) < 4.78 is 24.1. The molecule has 0 saturated carbocycles. The van der Waals surface area contributed by atoms with E-state index in [0.717, 1.165) is 9.53 Å². The van der Waals surface area contributed by atoms with Crippen molar-refractivity contribution in [3.8, 4) is 0 Å². The molecule has 2 aromatic rings. The SMILES string of the molecule is COC(=O)c1cc(NCc2ccc(I)o2)ccc1F. The van der Waals surface area contributed by atoms with Gasteiger partial charge in [0, 0.05) is 5.69 Å². The van der Waals surface area contributed by atoms with Crippen LogP contribution in [0.4, 0.5) is 10.1 Å². The van der Waals surface area contributed by atoms with E-state index in [0.29, 0.717) is 12.2 Å². The van der Waals surface area contributed by atoms with Gasteiger partial charge < -0.3 is 14.5 Å². The number of benzene rings is 1. The summed E-state index contributed by atoms with van der Waals surface area (Å²) in [5.74, 6) is -0.549. The average Bonchev–Trinajstić information content (AvgIpc) is 2.83. The molecule has 0 fully saturated rings. The minimum absolute atomic E-state index is 0.0958. The number of halogens is 2. The molecule has 2 rings (SSSR count). The van der Waals surface area contributed by atoms with Crippen LogP contribution < -0.4 is 5.32 Å². The quantitative estimate of drug-likeness (QED) is 0.657. The van der Waals surface area contributed by atoms with Crippen LogP contribution in [-0.4, -0.2) is 13.1 Å². The summed E-state index contributed by atoms with van der Waals surface area (Å²) in [5, 5.41) is 3.05. The number of carbonyl (C=O) groups excluding carboxylic acids is 1. The first-order valence-electron chi connectivity index (χ1n) is 5.46. The molecule has 100 valence electrons. The largest absolute Gasteiger partial charge is 0.465 e. The number of furan rings is 1. The maximum Gasteiger partial charge on any atom is 0.340 e. The molecule has 0 spiro atoms. The van der Waals surface area contributed by atoms with Crippen molar-refractivity contribution in [2.45, 2.75) is 6.54 Å². The summed E-state index contributed by atoms with van der Waals surface area (Å²) in [6.45, 7) is 0.454. The van der Waals surface area contributed by atoms with Gasteiger partial charge in [-0.05, 0) is 52.9 Å². The molecular formula is C13H11FINO3. The monoisotopic (exact) mass is 375 g/mol. The fraction of sp³-hybridized carbons (Fsp3) is 0.154. The van der Waals surface area contributed by atoms with Gasteiger partial charge in [0.05, 0.1) is 19.2 Å². The summed E-state index contributed by atoms with van der Waals surface area (Å²) in [7, 11) is 1.21. The van der Waals surface area contributed by atoms with Crippen molar-refractivity contribution in [3.63, 3.8) is 0 Å². The highest BCUT2D eigenvalue weighted by Crippen LogP contribution is 2.17. The zero-order valence-electron chi connectivity index (χ0n) is 10.1. The molecule has 1 heterocycles. The number of carbonyl (C=O) groups is 1.